The Kier molecular flexibility index (Phi) is 3.15. The number of benzene rings is 1. The summed E-state index contributed by atoms with van der Waals surface area (Å²) in [6.45, 7) is 4.06. The molecule has 2 heteroatoms. The van der Waals surface area contributed by atoms with Gasteiger partial charge < -0.3 is 0 Å². The van der Waals surface area contributed by atoms with Gasteiger partial charge in [0, 0.05) is 17.2 Å². The highest BCUT2D eigenvalue weighted by Gasteiger charge is 2.25. The van der Waals surface area contributed by atoms with E-state index in [9.17, 15) is 4.79 Å². The standard InChI is InChI=1S/C13H16OS/c1-9-3-4-10(2)12(7-9)13(14)11-5-6-15-8-11/h3-4,7,11H,5-6,8H2,1-2H3. The van der Waals surface area contributed by atoms with Crippen LogP contribution in [0.3, 0.4) is 0 Å². The minimum atomic E-state index is 0.260. The van der Waals surface area contributed by atoms with Gasteiger partial charge in [-0.1, -0.05) is 17.7 Å². The number of hydrogen-bond donors (Lipinski definition) is 0. The first-order valence-corrected chi connectivity index (χ1v) is 6.53. The smallest absolute Gasteiger partial charge is 0.167 e. The van der Waals surface area contributed by atoms with E-state index in [2.05, 4.69) is 6.07 Å². The summed E-state index contributed by atoms with van der Waals surface area (Å²) in [6.07, 6.45) is 1.05. The predicted octanol–water partition coefficient (Wildman–Crippen LogP) is 3.24. The molecule has 0 amide bonds. The molecular weight excluding hydrogens is 204 g/mol. The maximum atomic E-state index is 12.2. The summed E-state index contributed by atoms with van der Waals surface area (Å²) in [7, 11) is 0. The van der Waals surface area contributed by atoms with Gasteiger partial charge >= 0.3 is 0 Å². The maximum absolute atomic E-state index is 12.2. The third-order valence-electron chi connectivity index (χ3n) is 2.96. The van der Waals surface area contributed by atoms with Crippen LogP contribution < -0.4 is 0 Å². The molecule has 1 saturated heterocycles. The Hall–Kier alpha value is -0.760. The van der Waals surface area contributed by atoms with Crippen molar-refractivity contribution < 1.29 is 4.79 Å². The fraction of sp³-hybridized carbons (Fsp3) is 0.462. The van der Waals surface area contributed by atoms with E-state index in [1.54, 1.807) is 0 Å². The zero-order valence-corrected chi connectivity index (χ0v) is 10.1. The van der Waals surface area contributed by atoms with Crippen molar-refractivity contribution in [1.82, 2.24) is 0 Å². The van der Waals surface area contributed by atoms with Crippen LogP contribution in [0.5, 0.6) is 0 Å². The second kappa shape index (κ2) is 4.40. The van der Waals surface area contributed by atoms with Crippen LogP contribution in [0.4, 0.5) is 0 Å². The van der Waals surface area contributed by atoms with E-state index in [0.29, 0.717) is 5.78 Å². The number of carbonyl (C=O) groups excluding carboxylic acids is 1. The lowest BCUT2D eigenvalue weighted by molar-refractivity contribution is 0.0933. The molecule has 1 nitrogen and oxygen atoms in total. The number of Topliss-reactive ketones (excluding diaryl/α,β-unsaturated/α-hetero) is 1. The summed E-state index contributed by atoms with van der Waals surface area (Å²) in [6, 6.07) is 6.14. The van der Waals surface area contributed by atoms with Gasteiger partial charge in [-0.3, -0.25) is 4.79 Å². The van der Waals surface area contributed by atoms with E-state index in [-0.39, 0.29) is 5.92 Å². The quantitative estimate of drug-likeness (QED) is 0.712. The normalized spacial score (nSPS) is 20.5. The summed E-state index contributed by atoms with van der Waals surface area (Å²) in [5, 5.41) is 0. The molecule has 0 spiro atoms. The molecule has 0 N–H and O–H groups in total. The summed E-state index contributed by atoms with van der Waals surface area (Å²) in [4.78, 5) is 12.2. The number of thioether (sulfide) groups is 1. The van der Waals surface area contributed by atoms with E-state index < -0.39 is 0 Å². The number of aryl methyl sites for hydroxylation is 2. The number of carbonyl (C=O) groups is 1. The molecule has 1 heterocycles. The summed E-state index contributed by atoms with van der Waals surface area (Å²) in [5.41, 5.74) is 3.22. The third-order valence-corrected chi connectivity index (χ3v) is 4.12. The van der Waals surface area contributed by atoms with E-state index in [0.717, 1.165) is 29.1 Å². The number of hydrogen-bond acceptors (Lipinski definition) is 2. The Morgan fingerprint density at radius 1 is 1.40 bits per heavy atom. The van der Waals surface area contributed by atoms with Crippen molar-refractivity contribution in [3.05, 3.63) is 34.9 Å². The molecule has 0 aliphatic carbocycles. The van der Waals surface area contributed by atoms with Crippen LogP contribution in [-0.2, 0) is 0 Å². The summed E-state index contributed by atoms with van der Waals surface area (Å²) < 4.78 is 0. The Morgan fingerprint density at radius 3 is 2.87 bits per heavy atom. The zero-order chi connectivity index (χ0) is 10.8. The highest BCUT2D eigenvalue weighted by atomic mass is 32.2. The summed E-state index contributed by atoms with van der Waals surface area (Å²) in [5.74, 6) is 2.75. The molecule has 1 aromatic carbocycles. The first kappa shape index (κ1) is 10.7. The van der Waals surface area contributed by atoms with Crippen LogP contribution in [0.2, 0.25) is 0 Å². The van der Waals surface area contributed by atoms with Gasteiger partial charge in [0.15, 0.2) is 5.78 Å². The van der Waals surface area contributed by atoms with Gasteiger partial charge in [0.25, 0.3) is 0 Å². The van der Waals surface area contributed by atoms with Gasteiger partial charge in [0.1, 0.15) is 0 Å². The van der Waals surface area contributed by atoms with Crippen molar-refractivity contribution in [3.63, 3.8) is 0 Å². The zero-order valence-electron chi connectivity index (χ0n) is 9.25. The lowest BCUT2D eigenvalue weighted by Crippen LogP contribution is -2.15. The van der Waals surface area contributed by atoms with Gasteiger partial charge in [-0.2, -0.15) is 11.8 Å². The van der Waals surface area contributed by atoms with Crippen LogP contribution >= 0.6 is 11.8 Å². The van der Waals surface area contributed by atoms with Gasteiger partial charge in [0.2, 0.25) is 0 Å². The SMILES string of the molecule is Cc1ccc(C)c(C(=O)C2CCSC2)c1. The third kappa shape index (κ3) is 2.25. The van der Waals surface area contributed by atoms with E-state index in [1.165, 1.54) is 5.56 Å². The molecule has 1 aliphatic heterocycles. The van der Waals surface area contributed by atoms with Crippen molar-refractivity contribution in [3.8, 4) is 0 Å². The average molecular weight is 220 g/mol. The average Bonchev–Trinajstić information content (AvgIpc) is 2.74. The molecule has 0 bridgehead atoms. The molecule has 1 unspecified atom stereocenters. The molecule has 0 aromatic heterocycles. The summed E-state index contributed by atoms with van der Waals surface area (Å²) >= 11 is 1.89. The van der Waals surface area contributed by atoms with E-state index in [4.69, 9.17) is 0 Å². The van der Waals surface area contributed by atoms with Crippen LogP contribution in [-0.4, -0.2) is 17.3 Å². The minimum absolute atomic E-state index is 0.260. The fourth-order valence-corrected chi connectivity index (χ4v) is 3.18. The van der Waals surface area contributed by atoms with E-state index in [1.807, 2.05) is 37.7 Å². The first-order chi connectivity index (χ1) is 7.18. The van der Waals surface area contributed by atoms with Crippen molar-refractivity contribution in [2.45, 2.75) is 20.3 Å². The second-order valence-corrected chi connectivity index (χ2v) is 5.39. The Morgan fingerprint density at radius 2 is 2.20 bits per heavy atom. The van der Waals surface area contributed by atoms with Crippen LogP contribution in [0.25, 0.3) is 0 Å². The largest absolute Gasteiger partial charge is 0.294 e. The molecular formula is C13H16OS. The van der Waals surface area contributed by atoms with Gasteiger partial charge in [-0.15, -0.1) is 0 Å². The Bertz CT molecular complexity index is 378. The van der Waals surface area contributed by atoms with Gasteiger partial charge in [-0.25, -0.2) is 0 Å². The topological polar surface area (TPSA) is 17.1 Å². The van der Waals surface area contributed by atoms with Crippen LogP contribution in [0.1, 0.15) is 27.9 Å². The van der Waals surface area contributed by atoms with Crippen molar-refractivity contribution in [1.29, 1.82) is 0 Å². The molecule has 0 radical (unpaired) electrons. The molecule has 1 fully saturated rings. The first-order valence-electron chi connectivity index (χ1n) is 5.37. The Balaban J connectivity index is 2.27. The molecule has 2 rings (SSSR count). The molecule has 0 saturated carbocycles. The van der Waals surface area contributed by atoms with Crippen molar-refractivity contribution in [2.24, 2.45) is 5.92 Å². The molecule has 1 aliphatic rings. The number of ketones is 1. The van der Waals surface area contributed by atoms with Gasteiger partial charge in [-0.05, 0) is 37.7 Å². The molecule has 1 aromatic rings. The maximum Gasteiger partial charge on any atom is 0.167 e. The monoisotopic (exact) mass is 220 g/mol. The van der Waals surface area contributed by atoms with Crippen LogP contribution in [0.15, 0.2) is 18.2 Å². The second-order valence-electron chi connectivity index (χ2n) is 4.24. The van der Waals surface area contributed by atoms with Crippen molar-refractivity contribution >= 4 is 17.5 Å². The molecule has 15 heavy (non-hydrogen) atoms. The lowest BCUT2D eigenvalue weighted by Gasteiger charge is -2.10. The van der Waals surface area contributed by atoms with Gasteiger partial charge in [0.05, 0.1) is 0 Å². The minimum Gasteiger partial charge on any atom is -0.294 e. The van der Waals surface area contributed by atoms with E-state index >= 15 is 0 Å². The lowest BCUT2D eigenvalue weighted by atomic mass is 9.93. The number of rotatable bonds is 2. The highest BCUT2D eigenvalue weighted by Crippen LogP contribution is 2.27. The predicted molar refractivity (Wildman–Crippen MR) is 65.7 cm³/mol. The van der Waals surface area contributed by atoms with Crippen LogP contribution in [0, 0.1) is 19.8 Å². The molecule has 1 atom stereocenters. The molecule has 80 valence electrons. The Labute approximate surface area is 95.3 Å². The van der Waals surface area contributed by atoms with Crippen molar-refractivity contribution in [2.75, 3.05) is 11.5 Å². The fourth-order valence-electron chi connectivity index (χ4n) is 1.96. The highest BCUT2D eigenvalue weighted by molar-refractivity contribution is 7.99.